The van der Waals surface area contributed by atoms with Crippen LogP contribution < -0.4 is 4.72 Å². The molecule has 0 saturated carbocycles. The maximum absolute atomic E-state index is 11.8. The second-order valence-corrected chi connectivity index (χ2v) is 5.43. The fourth-order valence-electron chi connectivity index (χ4n) is 1.66. The molecular formula is C10H13N3O3S. The highest BCUT2D eigenvalue weighted by Gasteiger charge is 2.27. The Labute approximate surface area is 99.8 Å². The van der Waals surface area contributed by atoms with Gasteiger partial charge >= 0.3 is 10.2 Å². The minimum atomic E-state index is -3.71. The fourth-order valence-corrected chi connectivity index (χ4v) is 2.87. The SMILES string of the molecule is O=C(NS(=O)(=O)N1CCCC1)c1ccccn1. The molecule has 1 aliphatic heterocycles. The average Bonchev–Trinajstić information content (AvgIpc) is 2.84. The van der Waals surface area contributed by atoms with Crippen molar-refractivity contribution in [2.75, 3.05) is 13.1 Å². The van der Waals surface area contributed by atoms with Gasteiger partial charge in [0, 0.05) is 19.3 Å². The van der Waals surface area contributed by atoms with E-state index < -0.39 is 16.1 Å². The van der Waals surface area contributed by atoms with Gasteiger partial charge in [-0.1, -0.05) is 6.07 Å². The van der Waals surface area contributed by atoms with Crippen LogP contribution in [0.5, 0.6) is 0 Å². The largest absolute Gasteiger partial charge is 0.304 e. The molecule has 0 aliphatic carbocycles. The number of nitrogens with zero attached hydrogens (tertiary/aromatic N) is 2. The van der Waals surface area contributed by atoms with Crippen LogP contribution in [0.2, 0.25) is 0 Å². The van der Waals surface area contributed by atoms with Gasteiger partial charge in [-0.05, 0) is 25.0 Å². The number of rotatable bonds is 3. The number of carbonyl (C=O) groups is 1. The first-order valence-corrected chi connectivity index (χ1v) is 6.77. The smallest absolute Gasteiger partial charge is 0.266 e. The Morgan fingerprint density at radius 3 is 2.59 bits per heavy atom. The van der Waals surface area contributed by atoms with Crippen molar-refractivity contribution in [3.8, 4) is 0 Å². The van der Waals surface area contributed by atoms with Crippen LogP contribution in [-0.2, 0) is 10.2 Å². The maximum atomic E-state index is 11.8. The highest BCUT2D eigenvalue weighted by atomic mass is 32.2. The Hall–Kier alpha value is -1.47. The van der Waals surface area contributed by atoms with Crippen molar-refractivity contribution in [2.24, 2.45) is 0 Å². The average molecular weight is 255 g/mol. The minimum absolute atomic E-state index is 0.0928. The number of carbonyl (C=O) groups excluding carboxylic acids is 1. The summed E-state index contributed by atoms with van der Waals surface area (Å²) < 4.78 is 26.8. The molecule has 1 aromatic heterocycles. The molecule has 0 atom stereocenters. The number of aromatic nitrogens is 1. The predicted octanol–water partition coefficient (Wildman–Crippen LogP) is 0.152. The lowest BCUT2D eigenvalue weighted by Gasteiger charge is -2.15. The third-order valence-corrected chi connectivity index (χ3v) is 4.01. The van der Waals surface area contributed by atoms with Gasteiger partial charge in [0.1, 0.15) is 5.69 Å². The molecule has 1 N–H and O–H groups in total. The Bertz CT molecular complexity index is 495. The van der Waals surface area contributed by atoms with Gasteiger partial charge in [0.05, 0.1) is 0 Å². The third-order valence-electron chi connectivity index (χ3n) is 2.52. The van der Waals surface area contributed by atoms with E-state index in [4.69, 9.17) is 0 Å². The quantitative estimate of drug-likeness (QED) is 0.834. The molecule has 92 valence electrons. The zero-order valence-corrected chi connectivity index (χ0v) is 9.98. The van der Waals surface area contributed by atoms with Crippen LogP contribution in [0.25, 0.3) is 0 Å². The fraction of sp³-hybridized carbons (Fsp3) is 0.400. The van der Waals surface area contributed by atoms with Crippen molar-refractivity contribution in [3.05, 3.63) is 30.1 Å². The molecule has 1 fully saturated rings. The zero-order chi connectivity index (χ0) is 12.3. The zero-order valence-electron chi connectivity index (χ0n) is 9.17. The van der Waals surface area contributed by atoms with Crippen LogP contribution in [0.15, 0.2) is 24.4 Å². The summed E-state index contributed by atoms with van der Waals surface area (Å²) in [5.74, 6) is -0.697. The molecular weight excluding hydrogens is 242 g/mol. The third kappa shape index (κ3) is 2.80. The molecule has 7 heteroatoms. The summed E-state index contributed by atoms with van der Waals surface area (Å²) >= 11 is 0. The van der Waals surface area contributed by atoms with Crippen molar-refractivity contribution in [2.45, 2.75) is 12.8 Å². The number of nitrogens with one attached hydrogen (secondary N) is 1. The first-order valence-electron chi connectivity index (χ1n) is 5.33. The summed E-state index contributed by atoms with van der Waals surface area (Å²) in [6, 6.07) is 4.75. The number of hydrogen-bond donors (Lipinski definition) is 1. The van der Waals surface area contributed by atoms with Crippen molar-refractivity contribution >= 4 is 16.1 Å². The summed E-state index contributed by atoms with van der Waals surface area (Å²) in [6.45, 7) is 0.926. The number of amides is 1. The van der Waals surface area contributed by atoms with Gasteiger partial charge in [-0.15, -0.1) is 0 Å². The molecule has 0 spiro atoms. The van der Waals surface area contributed by atoms with E-state index in [1.807, 2.05) is 4.72 Å². The summed E-state index contributed by atoms with van der Waals surface area (Å²) in [6.07, 6.45) is 3.11. The Kier molecular flexibility index (Phi) is 3.39. The first kappa shape index (κ1) is 12.0. The lowest BCUT2D eigenvalue weighted by atomic mass is 10.3. The van der Waals surface area contributed by atoms with E-state index in [2.05, 4.69) is 4.98 Å². The van der Waals surface area contributed by atoms with Crippen LogP contribution in [0.1, 0.15) is 23.3 Å². The molecule has 1 aromatic rings. The van der Waals surface area contributed by atoms with Gasteiger partial charge in [-0.25, -0.2) is 4.72 Å². The van der Waals surface area contributed by atoms with Gasteiger partial charge in [-0.3, -0.25) is 9.78 Å². The first-order chi connectivity index (χ1) is 8.09. The van der Waals surface area contributed by atoms with E-state index in [1.165, 1.54) is 16.6 Å². The van der Waals surface area contributed by atoms with Gasteiger partial charge in [-0.2, -0.15) is 12.7 Å². The molecule has 17 heavy (non-hydrogen) atoms. The topological polar surface area (TPSA) is 79.4 Å². The van der Waals surface area contributed by atoms with Gasteiger partial charge < -0.3 is 0 Å². The lowest BCUT2D eigenvalue weighted by molar-refractivity contribution is 0.0974. The van der Waals surface area contributed by atoms with E-state index in [0.717, 1.165) is 12.8 Å². The molecule has 2 heterocycles. The van der Waals surface area contributed by atoms with Crippen molar-refractivity contribution < 1.29 is 13.2 Å². The normalized spacial score (nSPS) is 16.9. The lowest BCUT2D eigenvalue weighted by Crippen LogP contribution is -2.42. The molecule has 1 aliphatic rings. The number of hydrogen-bond acceptors (Lipinski definition) is 4. The molecule has 6 nitrogen and oxygen atoms in total. The van der Waals surface area contributed by atoms with Crippen molar-refractivity contribution in [1.82, 2.24) is 14.0 Å². The van der Waals surface area contributed by atoms with Crippen LogP contribution in [0, 0.1) is 0 Å². The number of pyridine rings is 1. The molecule has 0 radical (unpaired) electrons. The summed E-state index contributed by atoms with van der Waals surface area (Å²) in [5, 5.41) is 0. The van der Waals surface area contributed by atoms with Gasteiger partial charge in [0.15, 0.2) is 0 Å². The van der Waals surface area contributed by atoms with Crippen molar-refractivity contribution in [1.29, 1.82) is 0 Å². The molecule has 0 unspecified atom stereocenters. The van der Waals surface area contributed by atoms with Crippen LogP contribution in [0.3, 0.4) is 0 Å². The summed E-state index contributed by atoms with van der Waals surface area (Å²) in [4.78, 5) is 15.4. The van der Waals surface area contributed by atoms with Gasteiger partial charge in [0.25, 0.3) is 5.91 Å². The molecule has 1 amide bonds. The van der Waals surface area contributed by atoms with E-state index >= 15 is 0 Å². The predicted molar refractivity (Wildman–Crippen MR) is 61.4 cm³/mol. The van der Waals surface area contributed by atoms with Crippen LogP contribution in [0.4, 0.5) is 0 Å². The molecule has 0 aromatic carbocycles. The van der Waals surface area contributed by atoms with E-state index in [0.29, 0.717) is 13.1 Å². The Morgan fingerprint density at radius 2 is 2.00 bits per heavy atom. The second-order valence-electron chi connectivity index (χ2n) is 3.76. The standard InChI is InChI=1S/C10H13N3O3S/c14-10(9-5-1-2-6-11-9)12-17(15,16)13-7-3-4-8-13/h1-2,5-6H,3-4,7-8H2,(H,12,14). The molecule has 2 rings (SSSR count). The highest BCUT2D eigenvalue weighted by Crippen LogP contribution is 2.11. The Morgan fingerprint density at radius 1 is 1.29 bits per heavy atom. The molecule has 1 saturated heterocycles. The second kappa shape index (κ2) is 4.80. The monoisotopic (exact) mass is 255 g/mol. The van der Waals surface area contributed by atoms with Crippen LogP contribution >= 0.6 is 0 Å². The summed E-state index contributed by atoms with van der Waals surface area (Å²) in [5.41, 5.74) is 0.0928. The molecule has 0 bridgehead atoms. The maximum Gasteiger partial charge on any atom is 0.304 e. The highest BCUT2D eigenvalue weighted by molar-refractivity contribution is 7.87. The minimum Gasteiger partial charge on any atom is -0.266 e. The van der Waals surface area contributed by atoms with E-state index in [-0.39, 0.29) is 5.69 Å². The van der Waals surface area contributed by atoms with Crippen molar-refractivity contribution in [3.63, 3.8) is 0 Å². The van der Waals surface area contributed by atoms with Crippen LogP contribution in [-0.4, -0.2) is 36.7 Å². The van der Waals surface area contributed by atoms with E-state index in [9.17, 15) is 13.2 Å². The summed E-state index contributed by atoms with van der Waals surface area (Å²) in [7, 11) is -3.71. The Balaban J connectivity index is 2.08. The van der Waals surface area contributed by atoms with Gasteiger partial charge in [0.2, 0.25) is 0 Å². The van der Waals surface area contributed by atoms with E-state index in [1.54, 1.807) is 12.1 Å².